The van der Waals surface area contributed by atoms with E-state index in [9.17, 15) is 0 Å². The first-order valence-electron chi connectivity index (χ1n) is 7.60. The maximum atomic E-state index is 5.29. The first kappa shape index (κ1) is 16.0. The summed E-state index contributed by atoms with van der Waals surface area (Å²) in [6, 6.07) is 6.91. The van der Waals surface area contributed by atoms with Crippen molar-refractivity contribution in [2.75, 3.05) is 13.7 Å². The standard InChI is InChI=1S/C17H29NO/c1-5-7-8-9-17(18-12-6-2)16-11-10-15(19-4)13-14(16)3/h10-11,13,17-18H,5-9,12H2,1-4H3. The largest absolute Gasteiger partial charge is 0.497 e. The first-order valence-corrected chi connectivity index (χ1v) is 7.60. The van der Waals surface area contributed by atoms with E-state index in [4.69, 9.17) is 4.74 Å². The number of methoxy groups -OCH3 is 1. The summed E-state index contributed by atoms with van der Waals surface area (Å²) < 4.78 is 5.29. The van der Waals surface area contributed by atoms with E-state index in [1.54, 1.807) is 7.11 Å². The lowest BCUT2D eigenvalue weighted by atomic mass is 9.96. The molecule has 19 heavy (non-hydrogen) atoms. The van der Waals surface area contributed by atoms with Gasteiger partial charge in [0.25, 0.3) is 0 Å². The Morgan fingerprint density at radius 2 is 1.95 bits per heavy atom. The van der Waals surface area contributed by atoms with Gasteiger partial charge in [-0.15, -0.1) is 0 Å². The van der Waals surface area contributed by atoms with E-state index in [-0.39, 0.29) is 0 Å². The molecule has 0 amide bonds. The summed E-state index contributed by atoms with van der Waals surface area (Å²) in [6.07, 6.45) is 6.30. The fourth-order valence-corrected chi connectivity index (χ4v) is 2.45. The van der Waals surface area contributed by atoms with Crippen molar-refractivity contribution in [3.63, 3.8) is 0 Å². The van der Waals surface area contributed by atoms with E-state index >= 15 is 0 Å². The van der Waals surface area contributed by atoms with Gasteiger partial charge in [0, 0.05) is 6.04 Å². The van der Waals surface area contributed by atoms with Gasteiger partial charge in [-0.3, -0.25) is 0 Å². The van der Waals surface area contributed by atoms with Crippen LogP contribution in [-0.4, -0.2) is 13.7 Å². The highest BCUT2D eigenvalue weighted by Gasteiger charge is 2.13. The maximum absolute atomic E-state index is 5.29. The van der Waals surface area contributed by atoms with Crippen LogP contribution in [0.1, 0.15) is 63.1 Å². The number of hydrogen-bond acceptors (Lipinski definition) is 2. The van der Waals surface area contributed by atoms with Gasteiger partial charge < -0.3 is 10.1 Å². The Kier molecular flexibility index (Phi) is 7.57. The van der Waals surface area contributed by atoms with Crippen LogP contribution in [0.25, 0.3) is 0 Å². The van der Waals surface area contributed by atoms with Crippen LogP contribution in [0, 0.1) is 6.92 Å². The Labute approximate surface area is 118 Å². The van der Waals surface area contributed by atoms with Crippen LogP contribution in [0.4, 0.5) is 0 Å². The van der Waals surface area contributed by atoms with Crippen molar-refractivity contribution >= 4 is 0 Å². The predicted octanol–water partition coefficient (Wildman–Crippen LogP) is 4.62. The zero-order valence-corrected chi connectivity index (χ0v) is 13.0. The molecule has 1 unspecified atom stereocenters. The number of unbranched alkanes of at least 4 members (excludes halogenated alkanes) is 2. The molecule has 1 N–H and O–H groups in total. The van der Waals surface area contributed by atoms with Crippen LogP contribution < -0.4 is 10.1 Å². The van der Waals surface area contributed by atoms with Gasteiger partial charge in [-0.1, -0.05) is 39.2 Å². The monoisotopic (exact) mass is 263 g/mol. The van der Waals surface area contributed by atoms with Crippen LogP contribution in [0.5, 0.6) is 5.75 Å². The van der Waals surface area contributed by atoms with Crippen molar-refractivity contribution in [3.05, 3.63) is 29.3 Å². The van der Waals surface area contributed by atoms with Crippen LogP contribution in [-0.2, 0) is 0 Å². The van der Waals surface area contributed by atoms with Crippen molar-refractivity contribution in [2.45, 2.75) is 58.9 Å². The maximum Gasteiger partial charge on any atom is 0.119 e. The van der Waals surface area contributed by atoms with E-state index in [1.165, 1.54) is 43.2 Å². The van der Waals surface area contributed by atoms with Gasteiger partial charge in [0.05, 0.1) is 7.11 Å². The molecular formula is C17H29NO. The van der Waals surface area contributed by atoms with Crippen molar-refractivity contribution < 1.29 is 4.74 Å². The van der Waals surface area contributed by atoms with Crippen molar-refractivity contribution in [3.8, 4) is 5.75 Å². The first-order chi connectivity index (χ1) is 9.22. The lowest BCUT2D eigenvalue weighted by molar-refractivity contribution is 0.413. The zero-order valence-electron chi connectivity index (χ0n) is 13.0. The second-order valence-corrected chi connectivity index (χ2v) is 5.23. The van der Waals surface area contributed by atoms with Gasteiger partial charge in [0.1, 0.15) is 5.75 Å². The second kappa shape index (κ2) is 8.98. The third-order valence-corrected chi connectivity index (χ3v) is 3.59. The molecule has 0 bridgehead atoms. The molecule has 1 aromatic rings. The Balaban J connectivity index is 2.77. The van der Waals surface area contributed by atoms with Crippen molar-refractivity contribution in [1.82, 2.24) is 5.32 Å². The van der Waals surface area contributed by atoms with Crippen LogP contribution in [0.15, 0.2) is 18.2 Å². The molecule has 1 rings (SSSR count). The molecule has 0 fully saturated rings. The Hall–Kier alpha value is -1.02. The molecule has 0 aliphatic carbocycles. The average molecular weight is 263 g/mol. The molecule has 2 nitrogen and oxygen atoms in total. The van der Waals surface area contributed by atoms with Gasteiger partial charge in [-0.25, -0.2) is 0 Å². The third-order valence-electron chi connectivity index (χ3n) is 3.59. The predicted molar refractivity (Wildman–Crippen MR) is 82.9 cm³/mol. The van der Waals surface area contributed by atoms with E-state index in [1.807, 2.05) is 0 Å². The molecule has 1 aromatic carbocycles. The van der Waals surface area contributed by atoms with Gasteiger partial charge in [-0.05, 0) is 49.6 Å². The summed E-state index contributed by atoms with van der Waals surface area (Å²) in [4.78, 5) is 0. The highest BCUT2D eigenvalue weighted by atomic mass is 16.5. The molecule has 0 saturated carbocycles. The molecule has 0 aromatic heterocycles. The molecule has 0 radical (unpaired) electrons. The normalized spacial score (nSPS) is 12.4. The minimum atomic E-state index is 0.484. The summed E-state index contributed by atoms with van der Waals surface area (Å²) in [5.41, 5.74) is 2.75. The van der Waals surface area contributed by atoms with Gasteiger partial charge >= 0.3 is 0 Å². The van der Waals surface area contributed by atoms with Crippen molar-refractivity contribution in [2.24, 2.45) is 0 Å². The van der Waals surface area contributed by atoms with Crippen LogP contribution in [0.2, 0.25) is 0 Å². The van der Waals surface area contributed by atoms with Gasteiger partial charge in [0.15, 0.2) is 0 Å². The number of ether oxygens (including phenoxy) is 1. The SMILES string of the molecule is CCCCCC(NCCC)c1ccc(OC)cc1C. The highest BCUT2D eigenvalue weighted by molar-refractivity contribution is 5.36. The van der Waals surface area contributed by atoms with E-state index in [0.717, 1.165) is 12.3 Å². The third kappa shape index (κ3) is 5.23. The molecule has 0 aliphatic rings. The molecule has 0 aliphatic heterocycles. The molecule has 108 valence electrons. The number of benzene rings is 1. The highest BCUT2D eigenvalue weighted by Crippen LogP contribution is 2.26. The number of aryl methyl sites for hydroxylation is 1. The number of nitrogens with one attached hydrogen (secondary N) is 1. The summed E-state index contributed by atoms with van der Waals surface area (Å²) in [6.45, 7) is 7.74. The van der Waals surface area contributed by atoms with Crippen molar-refractivity contribution in [1.29, 1.82) is 0 Å². The van der Waals surface area contributed by atoms with Gasteiger partial charge in [-0.2, -0.15) is 0 Å². The molecule has 0 spiro atoms. The summed E-state index contributed by atoms with van der Waals surface area (Å²) in [5.74, 6) is 0.948. The topological polar surface area (TPSA) is 21.3 Å². The summed E-state index contributed by atoms with van der Waals surface area (Å²) >= 11 is 0. The molecule has 0 heterocycles. The molecular weight excluding hydrogens is 234 g/mol. The van der Waals surface area contributed by atoms with E-state index < -0.39 is 0 Å². The fraction of sp³-hybridized carbons (Fsp3) is 0.647. The molecule has 1 atom stereocenters. The lowest BCUT2D eigenvalue weighted by Gasteiger charge is -2.21. The second-order valence-electron chi connectivity index (χ2n) is 5.23. The summed E-state index contributed by atoms with van der Waals surface area (Å²) in [7, 11) is 1.72. The Bertz CT molecular complexity index is 362. The minimum Gasteiger partial charge on any atom is -0.497 e. The Morgan fingerprint density at radius 1 is 1.16 bits per heavy atom. The number of hydrogen-bond donors (Lipinski definition) is 1. The quantitative estimate of drug-likeness (QED) is 0.656. The van der Waals surface area contributed by atoms with Crippen LogP contribution >= 0.6 is 0 Å². The zero-order chi connectivity index (χ0) is 14.1. The molecule has 0 saturated heterocycles. The minimum absolute atomic E-state index is 0.484. The Morgan fingerprint density at radius 3 is 2.53 bits per heavy atom. The van der Waals surface area contributed by atoms with Crippen LogP contribution in [0.3, 0.4) is 0 Å². The smallest absolute Gasteiger partial charge is 0.119 e. The van der Waals surface area contributed by atoms with E-state index in [2.05, 4.69) is 44.3 Å². The summed E-state index contributed by atoms with van der Waals surface area (Å²) in [5, 5.41) is 3.68. The lowest BCUT2D eigenvalue weighted by Crippen LogP contribution is -2.23. The number of rotatable bonds is 9. The fourth-order valence-electron chi connectivity index (χ4n) is 2.45. The van der Waals surface area contributed by atoms with E-state index in [0.29, 0.717) is 6.04 Å². The van der Waals surface area contributed by atoms with Gasteiger partial charge in [0.2, 0.25) is 0 Å². The molecule has 2 heteroatoms. The average Bonchev–Trinajstić information content (AvgIpc) is 2.43.